The maximum absolute atomic E-state index is 5.31. The van der Waals surface area contributed by atoms with Crippen LogP contribution in [0, 0.1) is 0 Å². The fourth-order valence-electron chi connectivity index (χ4n) is 10.7. The molecule has 0 amide bonds. The minimum absolute atomic E-state index is 0.583. The Morgan fingerprint density at radius 3 is 1.19 bits per heavy atom. The SMILES string of the molecule is c1ccc(-c2ccc(-c3nc(-c4ccc(-c5ccccc5)cc4)nc(-c4ccccc4-c4ccc5c(c4)C4(c6ccccc6-5)c5ccccc5N(c5ccccc5)c5ccccc54)n3)cc2)cc1. The van der Waals surface area contributed by atoms with Crippen molar-refractivity contribution in [2.24, 2.45) is 0 Å². The minimum Gasteiger partial charge on any atom is -0.310 e. The van der Waals surface area contributed by atoms with E-state index in [9.17, 15) is 0 Å². The van der Waals surface area contributed by atoms with Crippen LogP contribution in [0.4, 0.5) is 17.1 Å². The third-order valence-electron chi connectivity index (χ3n) is 13.8. The van der Waals surface area contributed by atoms with Gasteiger partial charge >= 0.3 is 0 Å². The van der Waals surface area contributed by atoms with E-state index < -0.39 is 5.41 Å². The first-order valence-electron chi connectivity index (χ1n) is 23.2. The molecule has 4 nitrogen and oxygen atoms in total. The molecule has 4 heteroatoms. The van der Waals surface area contributed by atoms with Gasteiger partial charge in [-0.1, -0.05) is 224 Å². The molecule has 1 aromatic heterocycles. The van der Waals surface area contributed by atoms with Crippen molar-refractivity contribution < 1.29 is 0 Å². The number of nitrogens with zero attached hydrogens (tertiary/aromatic N) is 4. The van der Waals surface area contributed by atoms with Gasteiger partial charge in [-0.25, -0.2) is 15.0 Å². The van der Waals surface area contributed by atoms with Gasteiger partial charge < -0.3 is 4.90 Å². The van der Waals surface area contributed by atoms with Crippen molar-refractivity contribution in [2.75, 3.05) is 4.90 Å². The summed E-state index contributed by atoms with van der Waals surface area (Å²) < 4.78 is 0. The van der Waals surface area contributed by atoms with Crippen LogP contribution >= 0.6 is 0 Å². The Morgan fingerprint density at radius 1 is 0.250 bits per heavy atom. The number of aromatic nitrogens is 3. The molecule has 1 aliphatic heterocycles. The highest BCUT2D eigenvalue weighted by Crippen LogP contribution is 2.63. The zero-order valence-electron chi connectivity index (χ0n) is 37.0. The predicted molar refractivity (Wildman–Crippen MR) is 278 cm³/mol. The zero-order chi connectivity index (χ0) is 45.0. The van der Waals surface area contributed by atoms with Crippen LogP contribution < -0.4 is 4.90 Å². The summed E-state index contributed by atoms with van der Waals surface area (Å²) in [5.41, 5.74) is 19.9. The van der Waals surface area contributed by atoms with Gasteiger partial charge in [-0.3, -0.25) is 0 Å². The average Bonchev–Trinajstić information content (AvgIpc) is 3.71. The summed E-state index contributed by atoms with van der Waals surface area (Å²) in [7, 11) is 0. The molecule has 11 aromatic rings. The van der Waals surface area contributed by atoms with Gasteiger partial charge in [0.2, 0.25) is 0 Å². The third kappa shape index (κ3) is 6.34. The maximum Gasteiger partial charge on any atom is 0.164 e. The van der Waals surface area contributed by atoms with Crippen LogP contribution in [0.5, 0.6) is 0 Å². The van der Waals surface area contributed by atoms with Gasteiger partial charge in [0.25, 0.3) is 0 Å². The van der Waals surface area contributed by atoms with Crippen LogP contribution in [0.2, 0.25) is 0 Å². The fraction of sp³-hybridized carbons (Fsp3) is 0.0156. The Balaban J connectivity index is 0.990. The van der Waals surface area contributed by atoms with Gasteiger partial charge in [-0.05, 0) is 97.1 Å². The highest BCUT2D eigenvalue weighted by Gasteiger charge is 2.51. The van der Waals surface area contributed by atoms with Crippen molar-refractivity contribution in [1.82, 2.24) is 15.0 Å². The van der Waals surface area contributed by atoms with E-state index in [-0.39, 0.29) is 0 Å². The van der Waals surface area contributed by atoms with E-state index in [2.05, 4.69) is 248 Å². The number of fused-ring (bicyclic) bond motifs is 9. The summed E-state index contributed by atoms with van der Waals surface area (Å²) in [5, 5.41) is 0. The highest BCUT2D eigenvalue weighted by molar-refractivity contribution is 5.97. The van der Waals surface area contributed by atoms with Gasteiger partial charge in [0.1, 0.15) is 0 Å². The van der Waals surface area contributed by atoms with Gasteiger partial charge in [0.15, 0.2) is 17.5 Å². The molecule has 0 atom stereocenters. The summed E-state index contributed by atoms with van der Waals surface area (Å²) in [6.07, 6.45) is 0. The molecule has 0 unspecified atom stereocenters. The topological polar surface area (TPSA) is 41.9 Å². The third-order valence-corrected chi connectivity index (χ3v) is 13.8. The van der Waals surface area contributed by atoms with Gasteiger partial charge in [0, 0.05) is 22.4 Å². The Hall–Kier alpha value is -8.99. The molecule has 0 bridgehead atoms. The molecular formula is C64H42N4. The predicted octanol–water partition coefficient (Wildman–Crippen LogP) is 16.0. The quantitative estimate of drug-likeness (QED) is 0.160. The molecule has 0 radical (unpaired) electrons. The zero-order valence-corrected chi connectivity index (χ0v) is 37.0. The van der Waals surface area contributed by atoms with Crippen LogP contribution in [0.25, 0.3) is 78.7 Å². The molecule has 0 fully saturated rings. The van der Waals surface area contributed by atoms with Gasteiger partial charge in [0.05, 0.1) is 16.8 Å². The van der Waals surface area contributed by atoms with E-state index in [1.54, 1.807) is 0 Å². The van der Waals surface area contributed by atoms with Gasteiger partial charge in [-0.15, -0.1) is 0 Å². The molecule has 0 N–H and O–H groups in total. The summed E-state index contributed by atoms with van der Waals surface area (Å²) in [6.45, 7) is 0. The second-order valence-electron chi connectivity index (χ2n) is 17.5. The summed E-state index contributed by atoms with van der Waals surface area (Å²) >= 11 is 0. The fourth-order valence-corrected chi connectivity index (χ4v) is 10.7. The molecular weight excluding hydrogens is 825 g/mol. The molecule has 1 spiro atoms. The molecule has 2 heterocycles. The second kappa shape index (κ2) is 16.2. The monoisotopic (exact) mass is 866 g/mol. The number of hydrogen-bond donors (Lipinski definition) is 0. The molecule has 10 aromatic carbocycles. The second-order valence-corrected chi connectivity index (χ2v) is 17.5. The summed E-state index contributed by atoms with van der Waals surface area (Å²) in [4.78, 5) is 18.2. The Labute approximate surface area is 396 Å². The number of benzene rings is 10. The summed E-state index contributed by atoms with van der Waals surface area (Å²) in [5.74, 6) is 1.85. The molecule has 13 rings (SSSR count). The first kappa shape index (κ1) is 39.4. The molecule has 0 saturated carbocycles. The average molecular weight is 867 g/mol. The molecule has 318 valence electrons. The van der Waals surface area contributed by atoms with Crippen LogP contribution in [0.15, 0.2) is 255 Å². The van der Waals surface area contributed by atoms with E-state index in [0.717, 1.165) is 55.8 Å². The standard InChI is InChI=1S/C64H42N4/c1-4-18-43(19-5-1)45-32-36-47(37-33-45)61-65-62(48-38-34-46(35-39-48)44-20-6-2-7-21-44)67-63(66-61)54-26-11-10-24-51(54)49-40-41-53-52-25-12-13-27-55(52)64(58(53)42-49)56-28-14-16-30-59(56)68(50-22-8-3-9-23-50)60-31-17-15-29-57(60)64/h1-42H. The molecule has 1 aliphatic carbocycles. The maximum atomic E-state index is 5.31. The first-order chi connectivity index (χ1) is 33.7. The van der Waals surface area contributed by atoms with Crippen molar-refractivity contribution in [1.29, 1.82) is 0 Å². The van der Waals surface area contributed by atoms with Crippen molar-refractivity contribution in [3.63, 3.8) is 0 Å². The smallest absolute Gasteiger partial charge is 0.164 e. The van der Waals surface area contributed by atoms with Crippen molar-refractivity contribution in [2.45, 2.75) is 5.41 Å². The van der Waals surface area contributed by atoms with E-state index in [1.807, 2.05) is 12.1 Å². The highest BCUT2D eigenvalue weighted by atomic mass is 15.2. The van der Waals surface area contributed by atoms with E-state index in [4.69, 9.17) is 15.0 Å². The Morgan fingerprint density at radius 2 is 0.632 bits per heavy atom. The lowest BCUT2D eigenvalue weighted by Gasteiger charge is -2.45. The largest absolute Gasteiger partial charge is 0.310 e. The number of rotatable bonds is 7. The van der Waals surface area contributed by atoms with Crippen LogP contribution in [0.1, 0.15) is 22.3 Å². The Kier molecular flexibility index (Phi) is 9.36. The van der Waals surface area contributed by atoms with E-state index in [0.29, 0.717) is 17.5 Å². The summed E-state index contributed by atoms with van der Waals surface area (Å²) in [6, 6.07) is 91.2. The van der Waals surface area contributed by atoms with E-state index >= 15 is 0 Å². The van der Waals surface area contributed by atoms with Gasteiger partial charge in [-0.2, -0.15) is 0 Å². The normalized spacial score (nSPS) is 12.8. The van der Waals surface area contributed by atoms with Crippen LogP contribution in [-0.4, -0.2) is 15.0 Å². The minimum atomic E-state index is -0.583. The first-order valence-corrected chi connectivity index (χ1v) is 23.2. The van der Waals surface area contributed by atoms with Crippen LogP contribution in [0.3, 0.4) is 0 Å². The van der Waals surface area contributed by atoms with E-state index in [1.165, 1.54) is 44.8 Å². The number of para-hydroxylation sites is 3. The number of hydrogen-bond acceptors (Lipinski definition) is 4. The van der Waals surface area contributed by atoms with Crippen molar-refractivity contribution in [3.8, 4) is 78.7 Å². The van der Waals surface area contributed by atoms with Crippen molar-refractivity contribution in [3.05, 3.63) is 277 Å². The van der Waals surface area contributed by atoms with Crippen molar-refractivity contribution >= 4 is 17.1 Å². The molecule has 68 heavy (non-hydrogen) atoms. The Bertz CT molecular complexity index is 3510. The molecule has 2 aliphatic rings. The molecule has 0 saturated heterocycles. The van der Waals surface area contributed by atoms with Crippen LogP contribution in [-0.2, 0) is 5.41 Å². The lowest BCUT2D eigenvalue weighted by molar-refractivity contribution is 0.753. The number of anilines is 3. The lowest BCUT2D eigenvalue weighted by atomic mass is 9.64. The lowest BCUT2D eigenvalue weighted by Crippen LogP contribution is -2.36.